The summed E-state index contributed by atoms with van der Waals surface area (Å²) >= 11 is 12.1. The smallest absolute Gasteiger partial charge is 0.187 e. The summed E-state index contributed by atoms with van der Waals surface area (Å²) in [6, 6.07) is 10.8. The molecule has 0 aliphatic rings. The zero-order valence-electron chi connectivity index (χ0n) is 11.1. The van der Waals surface area contributed by atoms with E-state index in [0.717, 1.165) is 16.8 Å². The highest BCUT2D eigenvalue weighted by Crippen LogP contribution is 2.28. The van der Waals surface area contributed by atoms with Crippen LogP contribution in [0.1, 0.15) is 5.56 Å². The van der Waals surface area contributed by atoms with Gasteiger partial charge in [0.05, 0.1) is 16.4 Å². The molecule has 3 rings (SSSR count). The van der Waals surface area contributed by atoms with Crippen LogP contribution in [0.4, 0.5) is 5.69 Å². The predicted molar refractivity (Wildman–Crippen MR) is 83.8 cm³/mol. The van der Waals surface area contributed by atoms with E-state index in [1.165, 1.54) is 0 Å². The molecule has 3 aromatic rings. The van der Waals surface area contributed by atoms with Crippen molar-refractivity contribution in [1.82, 2.24) is 20.2 Å². The van der Waals surface area contributed by atoms with Gasteiger partial charge in [0.2, 0.25) is 0 Å². The maximum Gasteiger partial charge on any atom is 0.187 e. The van der Waals surface area contributed by atoms with E-state index >= 15 is 0 Å². The molecule has 106 valence electrons. The van der Waals surface area contributed by atoms with E-state index in [2.05, 4.69) is 15.5 Å². The highest BCUT2D eigenvalue weighted by atomic mass is 35.5. The molecule has 0 bridgehead atoms. The van der Waals surface area contributed by atoms with Crippen molar-refractivity contribution in [3.05, 3.63) is 52.0 Å². The molecule has 1 aromatic heterocycles. The third-order valence-corrected chi connectivity index (χ3v) is 3.69. The van der Waals surface area contributed by atoms with E-state index in [1.807, 2.05) is 31.2 Å². The lowest BCUT2D eigenvalue weighted by molar-refractivity contribution is 0.787. The predicted octanol–water partition coefficient (Wildman–Crippen LogP) is 3.53. The fourth-order valence-corrected chi connectivity index (χ4v) is 2.35. The minimum Gasteiger partial charge on any atom is -0.398 e. The van der Waals surface area contributed by atoms with Crippen LogP contribution in [0.15, 0.2) is 36.4 Å². The lowest BCUT2D eigenvalue weighted by atomic mass is 10.1. The number of anilines is 1. The molecule has 2 aromatic carbocycles. The summed E-state index contributed by atoms with van der Waals surface area (Å²) in [5, 5.41) is 12.9. The van der Waals surface area contributed by atoms with Crippen molar-refractivity contribution >= 4 is 28.9 Å². The number of nitrogens with two attached hydrogens (primary N) is 1. The number of hydrogen-bond acceptors (Lipinski definition) is 4. The van der Waals surface area contributed by atoms with Crippen molar-refractivity contribution in [2.24, 2.45) is 0 Å². The Labute approximate surface area is 131 Å². The largest absolute Gasteiger partial charge is 0.398 e. The molecule has 2 N–H and O–H groups in total. The Morgan fingerprint density at radius 3 is 2.67 bits per heavy atom. The van der Waals surface area contributed by atoms with Crippen LogP contribution < -0.4 is 5.73 Å². The first-order chi connectivity index (χ1) is 10.1. The van der Waals surface area contributed by atoms with E-state index in [9.17, 15) is 0 Å². The SMILES string of the molecule is Cc1ccc(Cl)cc1-n1nnnc1-c1ccc(N)c(Cl)c1. The van der Waals surface area contributed by atoms with E-state index in [4.69, 9.17) is 28.9 Å². The molecule has 0 unspecified atom stereocenters. The van der Waals surface area contributed by atoms with Gasteiger partial charge in [-0.2, -0.15) is 4.68 Å². The summed E-state index contributed by atoms with van der Waals surface area (Å²) in [4.78, 5) is 0. The summed E-state index contributed by atoms with van der Waals surface area (Å²) in [6.07, 6.45) is 0. The number of rotatable bonds is 2. The van der Waals surface area contributed by atoms with Crippen LogP contribution in [0, 0.1) is 6.92 Å². The first kappa shape index (κ1) is 13.9. The number of nitrogen functional groups attached to an aromatic ring is 1. The van der Waals surface area contributed by atoms with Crippen molar-refractivity contribution in [2.45, 2.75) is 6.92 Å². The average Bonchev–Trinajstić information content (AvgIpc) is 2.93. The molecule has 1 heterocycles. The first-order valence-corrected chi connectivity index (χ1v) is 6.92. The second-order valence-corrected chi connectivity index (χ2v) is 5.43. The molecule has 0 saturated carbocycles. The third-order valence-electron chi connectivity index (χ3n) is 3.13. The number of hydrogen-bond donors (Lipinski definition) is 1. The maximum absolute atomic E-state index is 6.06. The van der Waals surface area contributed by atoms with E-state index in [-0.39, 0.29) is 0 Å². The fourth-order valence-electron chi connectivity index (χ4n) is 2.01. The fraction of sp³-hybridized carbons (Fsp3) is 0.0714. The Balaban J connectivity index is 2.17. The van der Waals surface area contributed by atoms with Crippen molar-refractivity contribution in [2.75, 3.05) is 5.73 Å². The lowest BCUT2D eigenvalue weighted by Crippen LogP contribution is -2.02. The molecule has 0 atom stereocenters. The Morgan fingerprint density at radius 1 is 1.10 bits per heavy atom. The number of halogens is 2. The van der Waals surface area contributed by atoms with Gasteiger partial charge in [-0.3, -0.25) is 0 Å². The van der Waals surface area contributed by atoms with Gasteiger partial charge in [0.25, 0.3) is 0 Å². The number of aromatic nitrogens is 4. The topological polar surface area (TPSA) is 69.6 Å². The zero-order valence-corrected chi connectivity index (χ0v) is 12.6. The van der Waals surface area contributed by atoms with Gasteiger partial charge < -0.3 is 5.73 Å². The van der Waals surface area contributed by atoms with Gasteiger partial charge >= 0.3 is 0 Å². The van der Waals surface area contributed by atoms with Crippen molar-refractivity contribution in [1.29, 1.82) is 0 Å². The van der Waals surface area contributed by atoms with Gasteiger partial charge in [-0.25, -0.2) is 0 Å². The molecule has 0 fully saturated rings. The van der Waals surface area contributed by atoms with Crippen molar-refractivity contribution in [3.63, 3.8) is 0 Å². The summed E-state index contributed by atoms with van der Waals surface area (Å²) < 4.78 is 1.63. The van der Waals surface area contributed by atoms with Crippen LogP contribution in [-0.4, -0.2) is 20.2 Å². The molecule has 0 radical (unpaired) electrons. The van der Waals surface area contributed by atoms with Gasteiger partial charge in [-0.1, -0.05) is 29.3 Å². The van der Waals surface area contributed by atoms with E-state index in [0.29, 0.717) is 21.6 Å². The lowest BCUT2D eigenvalue weighted by Gasteiger charge is -2.09. The highest BCUT2D eigenvalue weighted by Gasteiger charge is 2.14. The molecule has 0 aliphatic heterocycles. The van der Waals surface area contributed by atoms with Crippen LogP contribution in [0.2, 0.25) is 10.0 Å². The Kier molecular flexibility index (Phi) is 3.53. The van der Waals surface area contributed by atoms with Gasteiger partial charge in [0.1, 0.15) is 0 Å². The minimum absolute atomic E-state index is 0.463. The number of nitrogens with zero attached hydrogens (tertiary/aromatic N) is 4. The van der Waals surface area contributed by atoms with Gasteiger partial charge in [-0.05, 0) is 53.2 Å². The molecular weight excluding hydrogens is 309 g/mol. The van der Waals surface area contributed by atoms with Gasteiger partial charge in [-0.15, -0.1) is 5.10 Å². The normalized spacial score (nSPS) is 10.8. The van der Waals surface area contributed by atoms with Crippen LogP contribution in [0.5, 0.6) is 0 Å². The van der Waals surface area contributed by atoms with Gasteiger partial charge in [0, 0.05) is 10.6 Å². The summed E-state index contributed by atoms with van der Waals surface area (Å²) in [6.45, 7) is 1.97. The molecule has 5 nitrogen and oxygen atoms in total. The van der Waals surface area contributed by atoms with Crippen molar-refractivity contribution in [3.8, 4) is 17.1 Å². The second kappa shape index (κ2) is 5.35. The standard InChI is InChI=1S/C14H11Cl2N5/c1-8-2-4-10(15)7-13(8)21-14(18-19-20-21)9-3-5-12(17)11(16)6-9/h2-7H,17H2,1H3. The van der Waals surface area contributed by atoms with Crippen molar-refractivity contribution < 1.29 is 0 Å². The molecule has 0 amide bonds. The van der Waals surface area contributed by atoms with Gasteiger partial charge in [0.15, 0.2) is 5.82 Å². The Morgan fingerprint density at radius 2 is 1.90 bits per heavy atom. The van der Waals surface area contributed by atoms with Crippen LogP contribution in [-0.2, 0) is 0 Å². The van der Waals surface area contributed by atoms with E-state index < -0.39 is 0 Å². The monoisotopic (exact) mass is 319 g/mol. The van der Waals surface area contributed by atoms with Crippen LogP contribution in [0.25, 0.3) is 17.1 Å². The molecule has 7 heteroatoms. The van der Waals surface area contributed by atoms with E-state index in [1.54, 1.807) is 16.8 Å². The number of tetrazole rings is 1. The molecule has 0 saturated heterocycles. The highest BCUT2D eigenvalue weighted by molar-refractivity contribution is 6.33. The zero-order chi connectivity index (χ0) is 15.0. The van der Waals surface area contributed by atoms with Crippen LogP contribution in [0.3, 0.4) is 0 Å². The molecule has 21 heavy (non-hydrogen) atoms. The Bertz CT molecular complexity index is 813. The second-order valence-electron chi connectivity index (χ2n) is 4.58. The third kappa shape index (κ3) is 2.57. The molecular formula is C14H11Cl2N5. The molecule has 0 spiro atoms. The summed E-state index contributed by atoms with van der Waals surface area (Å²) in [5.41, 5.74) is 8.84. The number of benzene rings is 2. The number of aryl methyl sites for hydroxylation is 1. The summed E-state index contributed by atoms with van der Waals surface area (Å²) in [5.74, 6) is 0.572. The first-order valence-electron chi connectivity index (χ1n) is 6.16. The van der Waals surface area contributed by atoms with Crippen LogP contribution >= 0.6 is 23.2 Å². The quantitative estimate of drug-likeness (QED) is 0.733. The maximum atomic E-state index is 6.06. The average molecular weight is 320 g/mol. The Hall–Kier alpha value is -2.11. The molecule has 0 aliphatic carbocycles. The summed E-state index contributed by atoms with van der Waals surface area (Å²) in [7, 11) is 0. The minimum atomic E-state index is 0.463.